The number of rotatable bonds is 6. The van der Waals surface area contributed by atoms with Gasteiger partial charge in [0.2, 0.25) is 0 Å². The van der Waals surface area contributed by atoms with Crippen LogP contribution >= 0.6 is 11.3 Å². The number of thiazole rings is 1. The Morgan fingerprint density at radius 3 is 3.00 bits per heavy atom. The number of carbonyl (C=O) groups is 1. The molecule has 22 heavy (non-hydrogen) atoms. The van der Waals surface area contributed by atoms with E-state index in [9.17, 15) is 9.18 Å². The molecule has 0 aliphatic rings. The summed E-state index contributed by atoms with van der Waals surface area (Å²) in [4.78, 5) is 21.8. The first-order chi connectivity index (χ1) is 10.5. The van der Waals surface area contributed by atoms with Gasteiger partial charge in [0.05, 0.1) is 24.0 Å². The van der Waals surface area contributed by atoms with E-state index in [2.05, 4.69) is 9.97 Å². The number of carbonyl (C=O) groups excluding carboxylic acids is 1. The van der Waals surface area contributed by atoms with Crippen molar-refractivity contribution in [3.05, 3.63) is 45.9 Å². The van der Waals surface area contributed by atoms with E-state index in [1.54, 1.807) is 7.05 Å². The van der Waals surface area contributed by atoms with E-state index < -0.39 is 11.7 Å². The third-order valence-corrected chi connectivity index (χ3v) is 4.14. The van der Waals surface area contributed by atoms with Crippen LogP contribution in [0.25, 0.3) is 0 Å². The van der Waals surface area contributed by atoms with Gasteiger partial charge in [0.25, 0.3) is 5.91 Å². The quantitative estimate of drug-likeness (QED) is 0.820. The van der Waals surface area contributed by atoms with Crippen molar-refractivity contribution < 1.29 is 13.9 Å². The van der Waals surface area contributed by atoms with Gasteiger partial charge in [-0.15, -0.1) is 11.3 Å². The molecule has 2 aromatic rings. The first kappa shape index (κ1) is 16.5. The molecule has 7 heteroatoms. The number of amides is 1. The standard InChI is InChI=1S/C15H18FN3O2S/c1-4-21-10(2)14-18-11(9-22-14)8-19(3)15(20)12-5-6-17-7-13(12)16/h5-7,9-10H,4,8H2,1-3H3/t10-/m1/s1. The SMILES string of the molecule is CCO[C@H](C)c1nc(CN(C)C(=O)c2ccncc2F)cs1. The third-order valence-electron chi connectivity index (χ3n) is 3.08. The maximum Gasteiger partial charge on any atom is 0.257 e. The average Bonchev–Trinajstić information content (AvgIpc) is 2.96. The Balaban J connectivity index is 2.04. The summed E-state index contributed by atoms with van der Waals surface area (Å²) in [6.07, 6.45) is 2.36. The number of halogens is 1. The van der Waals surface area contributed by atoms with Crippen molar-refractivity contribution in [1.29, 1.82) is 0 Å². The van der Waals surface area contributed by atoms with Crippen molar-refractivity contribution in [2.75, 3.05) is 13.7 Å². The lowest BCUT2D eigenvalue weighted by Gasteiger charge is -2.16. The Hall–Kier alpha value is -1.86. The fourth-order valence-corrected chi connectivity index (χ4v) is 2.79. The van der Waals surface area contributed by atoms with Gasteiger partial charge < -0.3 is 9.64 Å². The summed E-state index contributed by atoms with van der Waals surface area (Å²) in [5, 5.41) is 2.75. The molecule has 0 aliphatic heterocycles. The molecule has 0 saturated heterocycles. The van der Waals surface area contributed by atoms with Crippen molar-refractivity contribution in [2.24, 2.45) is 0 Å². The highest BCUT2D eigenvalue weighted by atomic mass is 32.1. The normalized spacial score (nSPS) is 12.2. The summed E-state index contributed by atoms with van der Waals surface area (Å²) >= 11 is 1.49. The summed E-state index contributed by atoms with van der Waals surface area (Å²) in [5.74, 6) is -1.02. The van der Waals surface area contributed by atoms with Gasteiger partial charge >= 0.3 is 0 Å². The molecule has 0 fully saturated rings. The number of ether oxygens (including phenoxy) is 1. The molecule has 0 unspecified atom stereocenters. The lowest BCUT2D eigenvalue weighted by atomic mass is 10.2. The van der Waals surface area contributed by atoms with E-state index in [-0.39, 0.29) is 11.7 Å². The number of pyridine rings is 1. The van der Waals surface area contributed by atoms with Gasteiger partial charge in [0.15, 0.2) is 5.82 Å². The molecule has 0 radical (unpaired) electrons. The monoisotopic (exact) mass is 323 g/mol. The molecule has 2 heterocycles. The van der Waals surface area contributed by atoms with Crippen molar-refractivity contribution in [1.82, 2.24) is 14.9 Å². The summed E-state index contributed by atoms with van der Waals surface area (Å²) in [6, 6.07) is 1.37. The van der Waals surface area contributed by atoms with E-state index in [0.717, 1.165) is 16.9 Å². The van der Waals surface area contributed by atoms with E-state index in [0.29, 0.717) is 13.2 Å². The molecule has 0 N–H and O–H groups in total. The first-order valence-electron chi connectivity index (χ1n) is 6.93. The second-order valence-electron chi connectivity index (χ2n) is 4.79. The Labute approximate surface area is 132 Å². The third kappa shape index (κ3) is 3.86. The van der Waals surface area contributed by atoms with E-state index in [4.69, 9.17) is 4.74 Å². The van der Waals surface area contributed by atoms with Gasteiger partial charge in [-0.25, -0.2) is 9.37 Å². The van der Waals surface area contributed by atoms with E-state index in [1.165, 1.54) is 28.5 Å². The number of hydrogen-bond donors (Lipinski definition) is 0. The van der Waals surface area contributed by atoms with Crippen LogP contribution in [0.4, 0.5) is 4.39 Å². The largest absolute Gasteiger partial charge is 0.372 e. The molecule has 0 aliphatic carbocycles. The lowest BCUT2D eigenvalue weighted by molar-refractivity contribution is 0.0755. The first-order valence-corrected chi connectivity index (χ1v) is 7.81. The van der Waals surface area contributed by atoms with Crippen LogP contribution in [-0.4, -0.2) is 34.4 Å². The zero-order valence-corrected chi connectivity index (χ0v) is 13.6. The van der Waals surface area contributed by atoms with Crippen LogP contribution in [0.15, 0.2) is 23.8 Å². The highest BCUT2D eigenvalue weighted by Gasteiger charge is 2.18. The Morgan fingerprint density at radius 1 is 1.55 bits per heavy atom. The van der Waals surface area contributed by atoms with Gasteiger partial charge in [-0.2, -0.15) is 0 Å². The predicted octanol–water partition coefficient (Wildman–Crippen LogP) is 3.05. The molecule has 2 rings (SSSR count). The van der Waals surface area contributed by atoms with Crippen LogP contribution in [-0.2, 0) is 11.3 Å². The topological polar surface area (TPSA) is 55.3 Å². The number of hydrogen-bond acceptors (Lipinski definition) is 5. The van der Waals surface area contributed by atoms with Crippen molar-refractivity contribution in [2.45, 2.75) is 26.5 Å². The molecule has 2 aromatic heterocycles. The van der Waals surface area contributed by atoms with Crippen LogP contribution < -0.4 is 0 Å². The molecule has 0 bridgehead atoms. The molecule has 1 atom stereocenters. The maximum atomic E-state index is 13.6. The molecule has 118 valence electrons. The average molecular weight is 323 g/mol. The van der Waals surface area contributed by atoms with Crippen LogP contribution in [0.5, 0.6) is 0 Å². The minimum atomic E-state index is -0.622. The van der Waals surface area contributed by atoms with Crippen LogP contribution in [0.1, 0.15) is 41.0 Å². The zero-order valence-electron chi connectivity index (χ0n) is 12.7. The Kier molecular flexibility index (Phi) is 5.57. The summed E-state index contributed by atoms with van der Waals surface area (Å²) in [7, 11) is 1.62. The van der Waals surface area contributed by atoms with Gasteiger partial charge in [0, 0.05) is 25.2 Å². The van der Waals surface area contributed by atoms with Crippen LogP contribution in [0.2, 0.25) is 0 Å². The Morgan fingerprint density at radius 2 is 2.32 bits per heavy atom. The zero-order chi connectivity index (χ0) is 16.1. The van der Waals surface area contributed by atoms with Crippen LogP contribution in [0, 0.1) is 5.82 Å². The fraction of sp³-hybridized carbons (Fsp3) is 0.400. The summed E-state index contributed by atoms with van der Waals surface area (Å²) < 4.78 is 19.1. The van der Waals surface area contributed by atoms with E-state index >= 15 is 0 Å². The Bertz CT molecular complexity index is 647. The second-order valence-corrected chi connectivity index (χ2v) is 5.68. The molecule has 1 amide bonds. The predicted molar refractivity (Wildman–Crippen MR) is 82.1 cm³/mol. The highest BCUT2D eigenvalue weighted by molar-refractivity contribution is 7.09. The van der Waals surface area contributed by atoms with Crippen molar-refractivity contribution in [3.63, 3.8) is 0 Å². The van der Waals surface area contributed by atoms with Crippen molar-refractivity contribution in [3.8, 4) is 0 Å². The second kappa shape index (κ2) is 7.42. The highest BCUT2D eigenvalue weighted by Crippen LogP contribution is 2.22. The molecule has 0 saturated carbocycles. The summed E-state index contributed by atoms with van der Waals surface area (Å²) in [5.41, 5.74) is 0.771. The van der Waals surface area contributed by atoms with Crippen LogP contribution in [0.3, 0.4) is 0 Å². The molecule has 0 aromatic carbocycles. The van der Waals surface area contributed by atoms with E-state index in [1.807, 2.05) is 19.2 Å². The molecule has 0 spiro atoms. The molecular formula is C15H18FN3O2S. The summed E-state index contributed by atoms with van der Waals surface area (Å²) in [6.45, 7) is 4.81. The minimum Gasteiger partial charge on any atom is -0.372 e. The number of aromatic nitrogens is 2. The minimum absolute atomic E-state index is 0.00985. The van der Waals surface area contributed by atoms with Gasteiger partial charge in [-0.1, -0.05) is 0 Å². The fourth-order valence-electron chi connectivity index (χ4n) is 1.97. The van der Waals surface area contributed by atoms with Gasteiger partial charge in [-0.05, 0) is 19.9 Å². The lowest BCUT2D eigenvalue weighted by Crippen LogP contribution is -2.27. The van der Waals surface area contributed by atoms with Gasteiger partial charge in [-0.3, -0.25) is 9.78 Å². The molecular weight excluding hydrogens is 305 g/mol. The molecule has 5 nitrogen and oxygen atoms in total. The number of nitrogens with zero attached hydrogens (tertiary/aromatic N) is 3. The van der Waals surface area contributed by atoms with Gasteiger partial charge in [0.1, 0.15) is 11.1 Å². The smallest absolute Gasteiger partial charge is 0.257 e. The van der Waals surface area contributed by atoms with Crippen molar-refractivity contribution >= 4 is 17.2 Å². The maximum absolute atomic E-state index is 13.6.